The standard InChI is InChI=1S/C31H34ClN5O/c32-27-11-13-28(14-12-27)37-20-19-36(29(22-37)21-25-7-3-1-4-8-25)18-16-33-31(38)15-17-35-23-30(34-24-35)26-9-5-2-6-10-26/h1-14,23-24,29H,15-22H2,(H,33,38). The lowest BCUT2D eigenvalue weighted by atomic mass is 10.0. The van der Waals surface area contributed by atoms with Crippen LogP contribution in [-0.4, -0.2) is 59.1 Å². The van der Waals surface area contributed by atoms with Gasteiger partial charge >= 0.3 is 0 Å². The molecule has 1 aliphatic rings. The summed E-state index contributed by atoms with van der Waals surface area (Å²) >= 11 is 6.11. The third kappa shape index (κ3) is 7.03. The monoisotopic (exact) mass is 527 g/mol. The fourth-order valence-corrected chi connectivity index (χ4v) is 5.18. The number of nitrogens with one attached hydrogen (secondary N) is 1. The van der Waals surface area contributed by atoms with Crippen LogP contribution >= 0.6 is 11.6 Å². The van der Waals surface area contributed by atoms with Crippen molar-refractivity contribution in [2.45, 2.75) is 25.4 Å². The molecule has 3 aromatic carbocycles. The second-order valence-electron chi connectivity index (χ2n) is 9.76. The number of amides is 1. The highest BCUT2D eigenvalue weighted by Crippen LogP contribution is 2.23. The molecule has 1 aromatic heterocycles. The van der Waals surface area contributed by atoms with Crippen molar-refractivity contribution in [3.63, 3.8) is 0 Å². The highest BCUT2D eigenvalue weighted by atomic mass is 35.5. The summed E-state index contributed by atoms with van der Waals surface area (Å²) in [7, 11) is 0. The number of carbonyl (C=O) groups excluding carboxylic acids is 1. The minimum atomic E-state index is 0.0689. The molecule has 5 rings (SSSR count). The summed E-state index contributed by atoms with van der Waals surface area (Å²) in [4.78, 5) is 22.0. The summed E-state index contributed by atoms with van der Waals surface area (Å²) in [6.07, 6.45) is 5.20. The fourth-order valence-electron chi connectivity index (χ4n) is 5.05. The quantitative estimate of drug-likeness (QED) is 0.310. The zero-order chi connectivity index (χ0) is 26.2. The molecule has 1 amide bonds. The molecular weight excluding hydrogens is 494 g/mol. The van der Waals surface area contributed by atoms with E-state index in [1.807, 2.05) is 53.2 Å². The summed E-state index contributed by atoms with van der Waals surface area (Å²) in [6, 6.07) is 29.2. The zero-order valence-corrected chi connectivity index (χ0v) is 22.3. The van der Waals surface area contributed by atoms with Crippen LogP contribution in [0.25, 0.3) is 11.3 Å². The Labute approximate surface area is 229 Å². The molecule has 1 atom stereocenters. The molecule has 1 N–H and O–H groups in total. The predicted octanol–water partition coefficient (Wildman–Crippen LogP) is 5.14. The maximum Gasteiger partial charge on any atom is 0.221 e. The number of carbonyl (C=O) groups is 1. The van der Waals surface area contributed by atoms with E-state index in [2.05, 4.69) is 62.6 Å². The van der Waals surface area contributed by atoms with E-state index in [0.29, 0.717) is 25.6 Å². The predicted molar refractivity (Wildman–Crippen MR) is 154 cm³/mol. The first-order chi connectivity index (χ1) is 18.6. The van der Waals surface area contributed by atoms with Crippen LogP contribution in [0.5, 0.6) is 0 Å². The van der Waals surface area contributed by atoms with Crippen molar-refractivity contribution in [3.05, 3.63) is 108 Å². The molecule has 0 aliphatic carbocycles. The first-order valence-electron chi connectivity index (χ1n) is 13.3. The Morgan fingerprint density at radius 2 is 1.66 bits per heavy atom. The van der Waals surface area contributed by atoms with Gasteiger partial charge in [-0.25, -0.2) is 4.98 Å². The van der Waals surface area contributed by atoms with Crippen molar-refractivity contribution < 1.29 is 4.79 Å². The number of aromatic nitrogens is 2. The van der Waals surface area contributed by atoms with Gasteiger partial charge in [-0.1, -0.05) is 72.3 Å². The number of hydrogen-bond donors (Lipinski definition) is 1. The van der Waals surface area contributed by atoms with E-state index in [9.17, 15) is 4.79 Å². The minimum absolute atomic E-state index is 0.0689. The van der Waals surface area contributed by atoms with Gasteiger partial charge in [0.05, 0.1) is 12.0 Å². The molecule has 1 fully saturated rings. The molecule has 1 aliphatic heterocycles. The molecule has 6 nitrogen and oxygen atoms in total. The molecule has 7 heteroatoms. The van der Waals surface area contributed by atoms with Gasteiger partial charge in [-0.05, 0) is 36.2 Å². The first-order valence-corrected chi connectivity index (χ1v) is 13.6. The van der Waals surface area contributed by atoms with Crippen molar-refractivity contribution in [1.29, 1.82) is 0 Å². The van der Waals surface area contributed by atoms with Gasteiger partial charge in [0, 0.05) is 74.2 Å². The van der Waals surface area contributed by atoms with Gasteiger partial charge < -0.3 is 14.8 Å². The Hall–Kier alpha value is -3.61. The SMILES string of the molecule is O=C(CCn1cnc(-c2ccccc2)c1)NCCN1CCN(c2ccc(Cl)cc2)CC1Cc1ccccc1. The Kier molecular flexibility index (Phi) is 8.74. The second kappa shape index (κ2) is 12.8. The van der Waals surface area contributed by atoms with Gasteiger partial charge in [-0.15, -0.1) is 0 Å². The number of anilines is 1. The maximum atomic E-state index is 12.6. The summed E-state index contributed by atoms with van der Waals surface area (Å²) in [5.41, 5.74) is 4.54. The highest BCUT2D eigenvalue weighted by Gasteiger charge is 2.27. The molecule has 38 heavy (non-hydrogen) atoms. The summed E-state index contributed by atoms with van der Waals surface area (Å²) in [5.74, 6) is 0.0689. The lowest BCUT2D eigenvalue weighted by Crippen LogP contribution is -2.55. The zero-order valence-electron chi connectivity index (χ0n) is 21.5. The van der Waals surface area contributed by atoms with Crippen LogP contribution in [0.4, 0.5) is 5.69 Å². The lowest BCUT2D eigenvalue weighted by molar-refractivity contribution is -0.121. The van der Waals surface area contributed by atoms with Crippen LogP contribution in [-0.2, 0) is 17.8 Å². The van der Waals surface area contributed by atoms with E-state index in [-0.39, 0.29) is 5.91 Å². The average Bonchev–Trinajstić information content (AvgIpc) is 3.43. The van der Waals surface area contributed by atoms with Gasteiger partial charge in [0.15, 0.2) is 0 Å². The molecule has 0 spiro atoms. The van der Waals surface area contributed by atoms with E-state index in [0.717, 1.165) is 48.9 Å². The third-order valence-corrected chi connectivity index (χ3v) is 7.38. The lowest BCUT2D eigenvalue weighted by Gasteiger charge is -2.42. The number of benzene rings is 3. The van der Waals surface area contributed by atoms with Crippen LogP contribution in [0.1, 0.15) is 12.0 Å². The molecular formula is C31H34ClN5O. The van der Waals surface area contributed by atoms with Crippen molar-refractivity contribution in [1.82, 2.24) is 19.8 Å². The number of imidazole rings is 1. The highest BCUT2D eigenvalue weighted by molar-refractivity contribution is 6.30. The third-order valence-electron chi connectivity index (χ3n) is 7.13. The van der Waals surface area contributed by atoms with Crippen molar-refractivity contribution >= 4 is 23.2 Å². The van der Waals surface area contributed by atoms with Crippen LogP contribution in [0, 0.1) is 0 Å². The largest absolute Gasteiger partial charge is 0.369 e. The van der Waals surface area contributed by atoms with Crippen LogP contribution in [0.3, 0.4) is 0 Å². The van der Waals surface area contributed by atoms with Crippen LogP contribution in [0.2, 0.25) is 5.02 Å². The summed E-state index contributed by atoms with van der Waals surface area (Å²) in [5, 5.41) is 3.89. The molecule has 1 unspecified atom stereocenters. The van der Waals surface area contributed by atoms with E-state index in [4.69, 9.17) is 11.6 Å². The molecule has 1 saturated heterocycles. The van der Waals surface area contributed by atoms with Crippen molar-refractivity contribution in [3.8, 4) is 11.3 Å². The Bertz CT molecular complexity index is 1290. The average molecular weight is 528 g/mol. The second-order valence-corrected chi connectivity index (χ2v) is 10.2. The number of hydrogen-bond acceptors (Lipinski definition) is 4. The normalized spacial score (nSPS) is 15.9. The molecule has 2 heterocycles. The maximum absolute atomic E-state index is 12.6. The summed E-state index contributed by atoms with van der Waals surface area (Å²) < 4.78 is 1.98. The molecule has 4 aromatic rings. The number of rotatable bonds is 10. The smallest absolute Gasteiger partial charge is 0.221 e. The fraction of sp³-hybridized carbons (Fsp3) is 0.290. The van der Waals surface area contributed by atoms with Crippen LogP contribution in [0.15, 0.2) is 97.5 Å². The van der Waals surface area contributed by atoms with Crippen molar-refractivity contribution in [2.24, 2.45) is 0 Å². The van der Waals surface area contributed by atoms with E-state index < -0.39 is 0 Å². The number of piperazine rings is 1. The van der Waals surface area contributed by atoms with E-state index in [1.165, 1.54) is 11.3 Å². The minimum Gasteiger partial charge on any atom is -0.369 e. The van der Waals surface area contributed by atoms with Gasteiger partial charge in [0.2, 0.25) is 5.91 Å². The molecule has 0 radical (unpaired) electrons. The van der Waals surface area contributed by atoms with Gasteiger partial charge in [0.1, 0.15) is 0 Å². The first kappa shape index (κ1) is 26.0. The van der Waals surface area contributed by atoms with E-state index >= 15 is 0 Å². The molecule has 0 bridgehead atoms. The van der Waals surface area contributed by atoms with Gasteiger partial charge in [-0.3, -0.25) is 9.69 Å². The van der Waals surface area contributed by atoms with Crippen LogP contribution < -0.4 is 10.2 Å². The molecule has 196 valence electrons. The Morgan fingerprint density at radius 1 is 0.921 bits per heavy atom. The van der Waals surface area contributed by atoms with Crippen molar-refractivity contribution in [2.75, 3.05) is 37.6 Å². The number of aryl methyl sites for hydroxylation is 1. The Balaban J connectivity index is 1.12. The van der Waals surface area contributed by atoms with Gasteiger partial charge in [0.25, 0.3) is 0 Å². The number of nitrogens with zero attached hydrogens (tertiary/aromatic N) is 4. The van der Waals surface area contributed by atoms with E-state index in [1.54, 1.807) is 6.33 Å². The van der Waals surface area contributed by atoms with Gasteiger partial charge in [-0.2, -0.15) is 0 Å². The molecule has 0 saturated carbocycles. The topological polar surface area (TPSA) is 53.4 Å². The summed E-state index contributed by atoms with van der Waals surface area (Å²) in [6.45, 7) is 4.93. The number of halogens is 1. The Morgan fingerprint density at radius 3 is 2.42 bits per heavy atom.